The summed E-state index contributed by atoms with van der Waals surface area (Å²) in [5.41, 5.74) is 2.36. The lowest BCUT2D eigenvalue weighted by molar-refractivity contribution is -0.123. The number of nitrogens with one attached hydrogen (secondary N) is 4. The first kappa shape index (κ1) is 54.0. The zero-order chi connectivity index (χ0) is 57.6. The number of anilines is 3. The third kappa shape index (κ3) is 9.28. The van der Waals surface area contributed by atoms with Gasteiger partial charge in [0, 0.05) is 56.2 Å². The van der Waals surface area contributed by atoms with Crippen LogP contribution in [0.4, 0.5) is 21.6 Å². The average molecular weight is 1210 g/mol. The molecule has 0 amide bonds. The second-order valence-corrected chi connectivity index (χ2v) is 23.8. The van der Waals surface area contributed by atoms with Gasteiger partial charge >= 0.3 is 11.4 Å². The molecule has 82 heavy (non-hydrogen) atoms. The minimum Gasteiger partial charge on any atom is -0.464 e. The summed E-state index contributed by atoms with van der Waals surface area (Å²) in [7, 11) is 1.50. The number of pyridine rings is 3. The molecule has 19 heteroatoms. The molecule has 0 aliphatic heterocycles. The van der Waals surface area contributed by atoms with Crippen molar-refractivity contribution in [3.63, 3.8) is 0 Å². The van der Waals surface area contributed by atoms with Crippen LogP contribution >= 0.6 is 22.6 Å². The Balaban J connectivity index is 0.750. The third-order valence-corrected chi connectivity index (χ3v) is 17.4. The maximum absolute atomic E-state index is 15.3. The fraction of sp³-hybridized carbons (Fsp3) is 0.270. The molecule has 6 heterocycles. The van der Waals surface area contributed by atoms with Gasteiger partial charge in [0.1, 0.15) is 28.5 Å². The second-order valence-electron chi connectivity index (χ2n) is 22.6. The van der Waals surface area contributed by atoms with Gasteiger partial charge in [0.05, 0.1) is 52.0 Å². The highest BCUT2D eigenvalue weighted by Crippen LogP contribution is 2.43. The van der Waals surface area contributed by atoms with Crippen LogP contribution in [-0.4, -0.2) is 57.9 Å². The monoisotopic (exact) mass is 1210 g/mol. The van der Waals surface area contributed by atoms with E-state index in [2.05, 4.69) is 50.4 Å². The fourth-order valence-electron chi connectivity index (χ4n) is 11.2. The van der Waals surface area contributed by atoms with Crippen molar-refractivity contribution < 1.29 is 18.4 Å². The lowest BCUT2D eigenvalue weighted by Crippen LogP contribution is -2.51. The lowest BCUT2D eigenvalue weighted by atomic mass is 9.71. The highest BCUT2D eigenvalue weighted by molar-refractivity contribution is 14.1. The van der Waals surface area contributed by atoms with Crippen molar-refractivity contribution in [3.8, 4) is 28.1 Å². The van der Waals surface area contributed by atoms with Crippen LogP contribution in [0, 0.1) is 16.3 Å². The smallest absolute Gasteiger partial charge is 0.347 e. The summed E-state index contributed by atoms with van der Waals surface area (Å²) in [4.78, 5) is 88.8. The molecule has 0 saturated heterocycles. The molecule has 2 saturated carbocycles. The molecule has 17 nitrogen and oxygen atoms in total. The van der Waals surface area contributed by atoms with Crippen molar-refractivity contribution in [2.75, 3.05) is 23.7 Å². The Kier molecular flexibility index (Phi) is 13.5. The maximum Gasteiger partial charge on any atom is 0.347 e. The summed E-state index contributed by atoms with van der Waals surface area (Å²) in [6, 6.07) is 36.7. The number of ketones is 2. The molecule has 4 aromatic carbocycles. The number of aromatic nitrogens is 7. The van der Waals surface area contributed by atoms with E-state index in [1.54, 1.807) is 69.4 Å². The number of hydrogen-bond donors (Lipinski definition) is 4. The minimum atomic E-state index is -1.14. The van der Waals surface area contributed by atoms with E-state index in [-0.39, 0.29) is 64.4 Å². The first-order chi connectivity index (χ1) is 39.2. The summed E-state index contributed by atoms with van der Waals surface area (Å²) >= 11 is 2.00. The van der Waals surface area contributed by atoms with Crippen LogP contribution in [0.3, 0.4) is 0 Å². The normalized spacial score (nSPS) is 14.3. The molecular weight excluding hydrogens is 1150 g/mol. The SMILES string of the molecule is Cc1c(=O)n(C)c(Nc2ccc(I)cc2F)c2c(=O)n(C3CC3)c(=O)n(-c3cccc(NCC(=O)C(C)(C)c4ccc(C(C)(C)C(=O)CNC5(c6ccc(-c7nc8ccn9c(=O)[nH]nc9c8cc7-c7ccccc7)cc6)CCC5)o4)c3)c12. The molecule has 2 fully saturated rings. The van der Waals surface area contributed by atoms with Crippen molar-refractivity contribution in [1.29, 1.82) is 0 Å². The molecule has 12 rings (SSSR count). The largest absolute Gasteiger partial charge is 0.464 e. The van der Waals surface area contributed by atoms with Crippen molar-refractivity contribution in [2.45, 2.75) is 89.1 Å². The number of H-pyrrole nitrogens is 1. The van der Waals surface area contributed by atoms with Crippen molar-refractivity contribution in [2.24, 2.45) is 7.05 Å². The van der Waals surface area contributed by atoms with Gasteiger partial charge in [0.2, 0.25) is 0 Å². The molecule has 2 aliphatic rings. The Morgan fingerprint density at radius 2 is 1.52 bits per heavy atom. The maximum atomic E-state index is 15.3. The van der Waals surface area contributed by atoms with E-state index >= 15 is 4.39 Å². The number of furan rings is 1. The highest BCUT2D eigenvalue weighted by atomic mass is 127. The first-order valence-corrected chi connectivity index (χ1v) is 28.3. The summed E-state index contributed by atoms with van der Waals surface area (Å²) in [6.45, 7) is 8.68. The van der Waals surface area contributed by atoms with Crippen LogP contribution < -0.4 is 38.4 Å². The number of Topliss-reactive ketones (excluding diaryl/α,β-unsaturated/α-hetero) is 2. The van der Waals surface area contributed by atoms with E-state index in [1.807, 2.05) is 78.9 Å². The molecule has 0 atom stereocenters. The van der Waals surface area contributed by atoms with Gasteiger partial charge in [-0.05, 0) is 161 Å². The number of carbonyl (C=O) groups excluding carboxylic acids is 2. The van der Waals surface area contributed by atoms with Gasteiger partial charge in [-0.2, -0.15) is 5.10 Å². The van der Waals surface area contributed by atoms with Crippen LogP contribution in [0.1, 0.15) is 88.5 Å². The molecule has 2 aliphatic carbocycles. The topological polar surface area (TPSA) is 212 Å². The molecule has 6 aromatic heterocycles. The van der Waals surface area contributed by atoms with Crippen molar-refractivity contribution >= 4 is 78.8 Å². The number of nitrogens with zero attached hydrogens (tertiary/aromatic N) is 6. The number of hydrogen-bond acceptors (Lipinski definition) is 12. The Labute approximate surface area is 482 Å². The molecule has 10 aromatic rings. The van der Waals surface area contributed by atoms with E-state index in [4.69, 9.17) is 9.40 Å². The molecule has 0 bridgehead atoms. The Bertz CT molecular complexity index is 4510. The second kappa shape index (κ2) is 20.5. The van der Waals surface area contributed by atoms with Gasteiger partial charge < -0.3 is 20.4 Å². The predicted octanol–water partition coefficient (Wildman–Crippen LogP) is 10.3. The van der Waals surface area contributed by atoms with Crippen LogP contribution in [0.25, 0.3) is 55.5 Å². The van der Waals surface area contributed by atoms with E-state index in [0.717, 1.165) is 52.6 Å². The molecule has 0 unspecified atom stereocenters. The minimum absolute atomic E-state index is 0.0435. The number of halogens is 2. The number of aromatic amines is 1. The van der Waals surface area contributed by atoms with E-state index in [1.165, 1.54) is 37.3 Å². The van der Waals surface area contributed by atoms with Gasteiger partial charge in [0.25, 0.3) is 11.1 Å². The number of aryl methyl sites for hydroxylation is 1. The van der Waals surface area contributed by atoms with Gasteiger partial charge in [-0.1, -0.05) is 60.7 Å². The van der Waals surface area contributed by atoms with E-state index in [9.17, 15) is 28.8 Å². The molecular formula is C63H58FIN10O7. The third-order valence-electron chi connectivity index (χ3n) is 16.7. The zero-order valence-electron chi connectivity index (χ0n) is 45.9. The van der Waals surface area contributed by atoms with Crippen LogP contribution in [-0.2, 0) is 33.0 Å². The standard InChI is InChI=1S/C63H58FIN10O7/c1-35-54-52(56(72(6)57(35)78)69-47-23-20-39(65)30-45(47)64)58(79)75(41-21-22-41)60(81)74(54)42-15-10-14-40(31-42)66-33-48(76)61(2,3)50-24-25-51(82-50)62(4,5)49(77)34-67-63(27-11-28-63)38-18-16-37(17-19-38)53-43(36-12-8-7-9-13-36)32-44-46(68-53)26-29-73-55(44)70-71-59(73)80/h7-10,12-20,23-26,29-32,41,66-67,69H,11,21-22,27-28,33-34H2,1-6H3,(H,71,80). The first-order valence-electron chi connectivity index (χ1n) is 27.2. The average Bonchev–Trinajstić information content (AvgIpc) is 4.15. The summed E-state index contributed by atoms with van der Waals surface area (Å²) in [6.07, 6.45) is 5.62. The quantitative estimate of drug-likeness (QED) is 0.0627. The highest BCUT2D eigenvalue weighted by Gasteiger charge is 2.42. The van der Waals surface area contributed by atoms with Crippen LogP contribution in [0.2, 0.25) is 0 Å². The summed E-state index contributed by atoms with van der Waals surface area (Å²) < 4.78 is 27.7. The van der Waals surface area contributed by atoms with Gasteiger partial charge in [-0.15, -0.1) is 0 Å². The van der Waals surface area contributed by atoms with E-state index in [0.29, 0.717) is 50.5 Å². The lowest BCUT2D eigenvalue weighted by Gasteiger charge is -2.44. The zero-order valence-corrected chi connectivity index (χ0v) is 48.1. The Hall–Kier alpha value is -8.56. The molecule has 0 radical (unpaired) electrons. The Morgan fingerprint density at radius 3 is 2.20 bits per heavy atom. The van der Waals surface area contributed by atoms with Crippen LogP contribution in [0.15, 0.2) is 151 Å². The number of benzene rings is 4. The number of fused-ring (bicyclic) bond motifs is 4. The molecule has 416 valence electrons. The molecule has 4 N–H and O–H groups in total. The van der Waals surface area contributed by atoms with Crippen LogP contribution in [0.5, 0.6) is 0 Å². The van der Waals surface area contributed by atoms with Gasteiger partial charge in [-0.25, -0.2) is 28.5 Å². The molecule has 0 spiro atoms. The van der Waals surface area contributed by atoms with Gasteiger partial charge in [0.15, 0.2) is 17.2 Å². The fourth-order valence-corrected chi connectivity index (χ4v) is 11.7. The van der Waals surface area contributed by atoms with Gasteiger partial charge in [-0.3, -0.25) is 32.9 Å². The van der Waals surface area contributed by atoms with E-state index < -0.39 is 39.0 Å². The summed E-state index contributed by atoms with van der Waals surface area (Å²) in [5, 5.41) is 17.5. The van der Waals surface area contributed by atoms with Crippen molar-refractivity contribution in [1.82, 2.24) is 38.6 Å². The summed E-state index contributed by atoms with van der Waals surface area (Å²) in [5.74, 6) is -0.0129. The predicted molar refractivity (Wildman–Crippen MR) is 323 cm³/mol. The Morgan fingerprint density at radius 1 is 0.817 bits per heavy atom. The van der Waals surface area contributed by atoms with Crippen molar-refractivity contribution in [3.05, 3.63) is 201 Å². The number of carbonyl (C=O) groups is 2. The number of rotatable bonds is 17.